The molecule has 1 fully saturated rings. The van der Waals surface area contributed by atoms with Gasteiger partial charge in [0.2, 0.25) is 0 Å². The Morgan fingerprint density at radius 2 is 2.43 bits per heavy atom. The van der Waals surface area contributed by atoms with Gasteiger partial charge < -0.3 is 11.1 Å². The van der Waals surface area contributed by atoms with E-state index < -0.39 is 0 Å². The molecule has 0 aliphatic heterocycles. The topological polar surface area (TPSA) is 50.9 Å². The van der Waals surface area contributed by atoms with Gasteiger partial charge in [0.05, 0.1) is 0 Å². The molecule has 2 rings (SSSR count). The van der Waals surface area contributed by atoms with Crippen molar-refractivity contribution in [2.75, 3.05) is 5.73 Å². The summed E-state index contributed by atoms with van der Waals surface area (Å²) in [4.78, 5) is 5.28. The number of nitrogens with one attached hydrogen (secondary N) is 1. The fourth-order valence-electron chi connectivity index (χ4n) is 1.94. The third kappa shape index (κ3) is 1.91. The summed E-state index contributed by atoms with van der Waals surface area (Å²) in [7, 11) is 0. The number of nitrogens with zero attached hydrogens (tertiary/aromatic N) is 1. The van der Waals surface area contributed by atoms with Crippen LogP contribution < -0.4 is 11.1 Å². The molecular formula is C10H17N3S. The van der Waals surface area contributed by atoms with E-state index in [4.69, 9.17) is 5.73 Å². The summed E-state index contributed by atoms with van der Waals surface area (Å²) in [6.07, 6.45) is 7.09. The summed E-state index contributed by atoms with van der Waals surface area (Å²) in [5.41, 5.74) is 5.99. The average Bonchev–Trinajstić information content (AvgIpc) is 2.50. The molecule has 4 heteroatoms. The Morgan fingerprint density at radius 3 is 2.86 bits per heavy atom. The maximum Gasteiger partial charge on any atom is 0.180 e. The number of anilines is 1. The molecule has 1 aromatic heterocycles. The first-order valence-electron chi connectivity index (χ1n) is 5.19. The summed E-state index contributed by atoms with van der Waals surface area (Å²) in [5.74, 6) is 0. The Labute approximate surface area is 88.7 Å². The third-order valence-corrected chi connectivity index (χ3v) is 4.02. The SMILES string of the molecule is CCC1(NCc2cnc(N)s2)CCC1. The van der Waals surface area contributed by atoms with E-state index in [2.05, 4.69) is 17.2 Å². The smallest absolute Gasteiger partial charge is 0.180 e. The standard InChI is InChI=1S/C10H17N3S/c1-2-10(4-3-5-10)13-7-8-6-12-9(11)14-8/h6,13H,2-5,7H2,1H3,(H2,11,12). The summed E-state index contributed by atoms with van der Waals surface area (Å²) in [6, 6.07) is 0. The Hall–Kier alpha value is -0.610. The van der Waals surface area contributed by atoms with Crippen LogP contribution in [0.1, 0.15) is 37.5 Å². The lowest BCUT2D eigenvalue weighted by atomic mass is 9.75. The van der Waals surface area contributed by atoms with Crippen molar-refractivity contribution in [3.8, 4) is 0 Å². The number of rotatable bonds is 4. The largest absolute Gasteiger partial charge is 0.375 e. The molecule has 1 aliphatic rings. The molecule has 14 heavy (non-hydrogen) atoms. The van der Waals surface area contributed by atoms with E-state index in [1.54, 1.807) is 11.3 Å². The highest BCUT2D eigenvalue weighted by Crippen LogP contribution is 2.35. The molecule has 0 bridgehead atoms. The minimum Gasteiger partial charge on any atom is -0.375 e. The van der Waals surface area contributed by atoms with Crippen LogP contribution in [0, 0.1) is 0 Å². The monoisotopic (exact) mass is 211 g/mol. The van der Waals surface area contributed by atoms with Gasteiger partial charge in [-0.25, -0.2) is 4.98 Å². The van der Waals surface area contributed by atoms with Gasteiger partial charge in [0.1, 0.15) is 0 Å². The summed E-state index contributed by atoms with van der Waals surface area (Å²) < 4.78 is 0. The van der Waals surface area contributed by atoms with Crippen molar-refractivity contribution in [1.82, 2.24) is 10.3 Å². The molecule has 0 amide bonds. The summed E-state index contributed by atoms with van der Waals surface area (Å²) >= 11 is 1.58. The number of nitrogen functional groups attached to an aromatic ring is 1. The van der Waals surface area contributed by atoms with Crippen LogP contribution in [0.15, 0.2) is 6.20 Å². The van der Waals surface area contributed by atoms with E-state index in [1.165, 1.54) is 30.6 Å². The highest BCUT2D eigenvalue weighted by atomic mass is 32.1. The Bertz CT molecular complexity index is 299. The summed E-state index contributed by atoms with van der Waals surface area (Å²) in [5, 5.41) is 4.29. The van der Waals surface area contributed by atoms with Crippen LogP contribution >= 0.6 is 11.3 Å². The van der Waals surface area contributed by atoms with Crippen molar-refractivity contribution in [3.05, 3.63) is 11.1 Å². The van der Waals surface area contributed by atoms with E-state index in [-0.39, 0.29) is 0 Å². The second-order valence-corrected chi connectivity index (χ2v) is 5.15. The van der Waals surface area contributed by atoms with Gasteiger partial charge in [-0.1, -0.05) is 6.92 Å². The van der Waals surface area contributed by atoms with Crippen molar-refractivity contribution in [2.45, 2.75) is 44.7 Å². The number of nitrogens with two attached hydrogens (primary N) is 1. The second kappa shape index (κ2) is 3.87. The number of thiazole rings is 1. The normalized spacial score (nSPS) is 19.2. The molecule has 3 N–H and O–H groups in total. The number of hydrogen-bond donors (Lipinski definition) is 2. The van der Waals surface area contributed by atoms with Crippen molar-refractivity contribution in [3.63, 3.8) is 0 Å². The van der Waals surface area contributed by atoms with Gasteiger partial charge in [0.25, 0.3) is 0 Å². The fraction of sp³-hybridized carbons (Fsp3) is 0.700. The quantitative estimate of drug-likeness (QED) is 0.802. The van der Waals surface area contributed by atoms with Crippen LogP contribution in [0.3, 0.4) is 0 Å². The van der Waals surface area contributed by atoms with Crippen LogP contribution in [0.5, 0.6) is 0 Å². The molecule has 1 aromatic rings. The molecule has 1 saturated carbocycles. The van der Waals surface area contributed by atoms with E-state index in [9.17, 15) is 0 Å². The highest BCUT2D eigenvalue weighted by molar-refractivity contribution is 7.15. The molecule has 1 heterocycles. The first kappa shape index (κ1) is 9.93. The molecule has 3 nitrogen and oxygen atoms in total. The van der Waals surface area contributed by atoms with Crippen LogP contribution in [0.4, 0.5) is 5.13 Å². The molecule has 1 aliphatic carbocycles. The molecule has 0 saturated heterocycles. The molecule has 0 spiro atoms. The number of hydrogen-bond acceptors (Lipinski definition) is 4. The Kier molecular flexibility index (Phi) is 2.74. The minimum absolute atomic E-state index is 0.415. The van der Waals surface area contributed by atoms with Crippen molar-refractivity contribution in [1.29, 1.82) is 0 Å². The zero-order chi connectivity index (χ0) is 10.0. The highest BCUT2D eigenvalue weighted by Gasteiger charge is 2.34. The van der Waals surface area contributed by atoms with Crippen LogP contribution in [-0.4, -0.2) is 10.5 Å². The summed E-state index contributed by atoms with van der Waals surface area (Å²) in [6.45, 7) is 3.18. The second-order valence-electron chi connectivity index (χ2n) is 4.01. The van der Waals surface area contributed by atoms with Crippen LogP contribution in [0.25, 0.3) is 0 Å². The Balaban J connectivity index is 1.87. The maximum atomic E-state index is 5.58. The lowest BCUT2D eigenvalue weighted by molar-refractivity contribution is 0.176. The predicted molar refractivity (Wildman–Crippen MR) is 60.2 cm³/mol. The molecule has 0 aromatic carbocycles. The first-order valence-corrected chi connectivity index (χ1v) is 6.01. The molecule has 78 valence electrons. The molecule has 0 atom stereocenters. The lowest BCUT2D eigenvalue weighted by Crippen LogP contribution is -2.49. The van der Waals surface area contributed by atoms with Gasteiger partial charge in [0.15, 0.2) is 5.13 Å². The van der Waals surface area contributed by atoms with Crippen molar-refractivity contribution >= 4 is 16.5 Å². The van der Waals surface area contributed by atoms with Gasteiger partial charge in [-0.2, -0.15) is 0 Å². The third-order valence-electron chi connectivity index (χ3n) is 3.20. The fourth-order valence-corrected chi connectivity index (χ4v) is 2.56. The zero-order valence-corrected chi connectivity index (χ0v) is 9.36. The molecule has 0 unspecified atom stereocenters. The van der Waals surface area contributed by atoms with E-state index in [0.29, 0.717) is 10.7 Å². The zero-order valence-electron chi connectivity index (χ0n) is 8.55. The van der Waals surface area contributed by atoms with Crippen molar-refractivity contribution in [2.24, 2.45) is 0 Å². The number of aromatic nitrogens is 1. The van der Waals surface area contributed by atoms with Crippen molar-refractivity contribution < 1.29 is 0 Å². The average molecular weight is 211 g/mol. The van der Waals surface area contributed by atoms with Gasteiger partial charge in [-0.3, -0.25) is 0 Å². The first-order chi connectivity index (χ1) is 6.74. The van der Waals surface area contributed by atoms with Gasteiger partial charge >= 0.3 is 0 Å². The van der Waals surface area contributed by atoms with Gasteiger partial charge in [-0.15, -0.1) is 11.3 Å². The van der Waals surface area contributed by atoms with Gasteiger partial charge in [-0.05, 0) is 25.7 Å². The lowest BCUT2D eigenvalue weighted by Gasteiger charge is -2.42. The molecular weight excluding hydrogens is 194 g/mol. The van der Waals surface area contributed by atoms with Gasteiger partial charge in [0, 0.05) is 23.2 Å². The van der Waals surface area contributed by atoms with E-state index >= 15 is 0 Å². The predicted octanol–water partition coefficient (Wildman–Crippen LogP) is 2.15. The minimum atomic E-state index is 0.415. The van der Waals surface area contributed by atoms with Crippen LogP contribution in [-0.2, 0) is 6.54 Å². The maximum absolute atomic E-state index is 5.58. The van der Waals surface area contributed by atoms with Crippen LogP contribution in [0.2, 0.25) is 0 Å². The van der Waals surface area contributed by atoms with E-state index in [0.717, 1.165) is 6.54 Å². The van der Waals surface area contributed by atoms with E-state index in [1.807, 2.05) is 6.20 Å². The molecule has 0 radical (unpaired) electrons. The Morgan fingerprint density at radius 1 is 1.64 bits per heavy atom.